The van der Waals surface area contributed by atoms with Gasteiger partial charge >= 0.3 is 12.1 Å². The van der Waals surface area contributed by atoms with Gasteiger partial charge in [0.25, 0.3) is 11.8 Å². The van der Waals surface area contributed by atoms with Crippen LogP contribution in [0, 0.1) is 5.92 Å². The van der Waals surface area contributed by atoms with Crippen molar-refractivity contribution >= 4 is 58.3 Å². The number of ether oxygens (including phenoxy) is 1. The van der Waals surface area contributed by atoms with Gasteiger partial charge in [-0.15, -0.1) is 0 Å². The van der Waals surface area contributed by atoms with Crippen molar-refractivity contribution < 1.29 is 45.9 Å². The van der Waals surface area contributed by atoms with Crippen molar-refractivity contribution in [1.29, 1.82) is 0 Å². The zero-order chi connectivity index (χ0) is 31.8. The number of alkyl halides is 5. The number of benzene rings is 2. The number of hydrogen-bond acceptors (Lipinski definition) is 5. The third-order valence-corrected chi connectivity index (χ3v) is 6.19. The SMILES string of the molecule is CC(C)[C@H](NC(=O)[C@H](Cc1ccc(Cl)cc1)NC(=O)COc1cc(Cl)cc(Cl)c1)C(=O)C(F)(F)C(=O)NCC(F)(F)F. The Kier molecular flexibility index (Phi) is 12.4. The van der Waals surface area contributed by atoms with Crippen LogP contribution < -0.4 is 20.7 Å². The van der Waals surface area contributed by atoms with E-state index in [0.717, 1.165) is 5.32 Å². The van der Waals surface area contributed by atoms with Gasteiger partial charge in [-0.2, -0.15) is 22.0 Å². The smallest absolute Gasteiger partial charge is 0.405 e. The van der Waals surface area contributed by atoms with Crippen LogP contribution in [0.4, 0.5) is 22.0 Å². The second-order valence-electron chi connectivity index (χ2n) is 9.31. The monoisotopic (exact) mass is 659 g/mol. The summed E-state index contributed by atoms with van der Waals surface area (Å²) in [5.74, 6) is -12.3. The lowest BCUT2D eigenvalue weighted by Gasteiger charge is -2.27. The minimum atomic E-state index is -5.00. The van der Waals surface area contributed by atoms with Gasteiger partial charge in [-0.1, -0.05) is 60.8 Å². The van der Waals surface area contributed by atoms with E-state index < -0.39 is 66.8 Å². The summed E-state index contributed by atoms with van der Waals surface area (Å²) in [6.45, 7) is -0.177. The van der Waals surface area contributed by atoms with E-state index in [-0.39, 0.29) is 22.2 Å². The second-order valence-corrected chi connectivity index (χ2v) is 10.6. The van der Waals surface area contributed by atoms with Crippen molar-refractivity contribution in [2.45, 2.75) is 44.5 Å². The third-order valence-electron chi connectivity index (χ3n) is 5.50. The highest BCUT2D eigenvalue weighted by atomic mass is 35.5. The van der Waals surface area contributed by atoms with Crippen molar-refractivity contribution in [3.63, 3.8) is 0 Å². The number of Topliss-reactive ketones (excluding diaryl/α,β-unsaturated/α-hetero) is 1. The van der Waals surface area contributed by atoms with E-state index in [1.54, 1.807) is 0 Å². The standard InChI is InChI=1S/C26H25Cl3F5N3O5/c1-13(2)21(22(39)26(33,34)24(41)35-12-25(30,31)32)37-23(40)19(7-14-3-5-15(27)6-4-14)36-20(38)11-42-18-9-16(28)8-17(29)10-18/h3-6,8-10,13,19,21H,7,11-12H2,1-2H3,(H,35,41)(H,36,38)(H,37,40)/t19-,21-/m0/s1. The zero-order valence-electron chi connectivity index (χ0n) is 22.0. The van der Waals surface area contributed by atoms with E-state index in [4.69, 9.17) is 39.5 Å². The number of carbonyl (C=O) groups excluding carboxylic acids is 4. The van der Waals surface area contributed by atoms with E-state index in [1.807, 2.05) is 0 Å². The lowest BCUT2D eigenvalue weighted by molar-refractivity contribution is -0.165. The molecule has 0 fully saturated rings. The predicted molar refractivity (Wildman–Crippen MR) is 145 cm³/mol. The van der Waals surface area contributed by atoms with Gasteiger partial charge in [0.1, 0.15) is 18.3 Å². The molecule has 16 heteroatoms. The van der Waals surface area contributed by atoms with Gasteiger partial charge < -0.3 is 20.7 Å². The molecule has 0 spiro atoms. The minimum Gasteiger partial charge on any atom is -0.484 e. The molecule has 0 aliphatic heterocycles. The third kappa shape index (κ3) is 10.9. The largest absolute Gasteiger partial charge is 0.484 e. The average Bonchev–Trinajstić information content (AvgIpc) is 2.88. The van der Waals surface area contributed by atoms with Crippen LogP contribution in [0.15, 0.2) is 42.5 Å². The van der Waals surface area contributed by atoms with Crippen LogP contribution in [0.5, 0.6) is 5.75 Å². The molecule has 2 aromatic rings. The van der Waals surface area contributed by atoms with Crippen molar-refractivity contribution in [3.05, 3.63) is 63.1 Å². The summed E-state index contributed by atoms with van der Waals surface area (Å²) in [4.78, 5) is 50.2. The number of amides is 3. The highest BCUT2D eigenvalue weighted by Crippen LogP contribution is 2.24. The number of hydrogen-bond donors (Lipinski definition) is 3. The molecule has 0 bridgehead atoms. The molecule has 0 aliphatic rings. The molecule has 0 aromatic heterocycles. The van der Waals surface area contributed by atoms with Crippen LogP contribution in [0.2, 0.25) is 15.1 Å². The van der Waals surface area contributed by atoms with Gasteiger partial charge in [0.2, 0.25) is 11.7 Å². The Labute approximate surface area is 252 Å². The van der Waals surface area contributed by atoms with Crippen LogP contribution in [-0.4, -0.2) is 60.8 Å². The molecule has 3 N–H and O–H groups in total. The predicted octanol–water partition coefficient (Wildman–Crippen LogP) is 4.78. The Morgan fingerprint density at radius 2 is 1.43 bits per heavy atom. The summed E-state index contributed by atoms with van der Waals surface area (Å²) in [7, 11) is 0. The van der Waals surface area contributed by atoms with Crippen molar-refractivity contribution in [2.75, 3.05) is 13.2 Å². The summed E-state index contributed by atoms with van der Waals surface area (Å²) >= 11 is 17.7. The Balaban J connectivity index is 2.23. The van der Waals surface area contributed by atoms with Gasteiger partial charge in [0.05, 0.1) is 6.04 Å². The summed E-state index contributed by atoms with van der Waals surface area (Å²) in [5, 5.41) is 6.26. The molecule has 2 rings (SSSR count). The normalized spacial score (nSPS) is 13.2. The van der Waals surface area contributed by atoms with E-state index in [0.29, 0.717) is 10.6 Å². The highest BCUT2D eigenvalue weighted by Gasteiger charge is 2.52. The van der Waals surface area contributed by atoms with Crippen LogP contribution in [0.1, 0.15) is 19.4 Å². The molecule has 230 valence electrons. The minimum absolute atomic E-state index is 0.137. The fourth-order valence-electron chi connectivity index (χ4n) is 3.45. The number of halogens is 8. The van der Waals surface area contributed by atoms with Crippen molar-refractivity contribution in [3.8, 4) is 5.75 Å². The highest BCUT2D eigenvalue weighted by molar-refractivity contribution is 6.34. The molecule has 0 unspecified atom stereocenters. The molecule has 8 nitrogen and oxygen atoms in total. The van der Waals surface area contributed by atoms with Crippen LogP contribution in [0.3, 0.4) is 0 Å². The maximum atomic E-state index is 14.6. The molecule has 0 heterocycles. The van der Waals surface area contributed by atoms with Crippen LogP contribution >= 0.6 is 34.8 Å². The van der Waals surface area contributed by atoms with E-state index >= 15 is 0 Å². The first-order chi connectivity index (χ1) is 19.4. The van der Waals surface area contributed by atoms with Crippen LogP contribution in [0.25, 0.3) is 0 Å². The van der Waals surface area contributed by atoms with E-state index in [1.165, 1.54) is 56.3 Å². The lowest BCUT2D eigenvalue weighted by Crippen LogP contribution is -2.59. The van der Waals surface area contributed by atoms with Gasteiger partial charge in [0, 0.05) is 21.5 Å². The number of rotatable bonds is 13. The summed E-state index contributed by atoms with van der Waals surface area (Å²) in [6.07, 6.45) is -5.20. The quantitative estimate of drug-likeness (QED) is 0.212. The van der Waals surface area contributed by atoms with E-state index in [9.17, 15) is 41.1 Å². The summed E-state index contributed by atoms with van der Waals surface area (Å²) in [5.41, 5.74) is 0.478. The molecule has 0 radical (unpaired) electrons. The van der Waals surface area contributed by atoms with E-state index in [2.05, 4.69) is 10.6 Å². The van der Waals surface area contributed by atoms with Crippen molar-refractivity contribution in [1.82, 2.24) is 16.0 Å². The summed E-state index contributed by atoms with van der Waals surface area (Å²) in [6, 6.07) is 6.78. The van der Waals surface area contributed by atoms with Crippen molar-refractivity contribution in [2.24, 2.45) is 5.92 Å². The molecule has 42 heavy (non-hydrogen) atoms. The molecule has 0 aliphatic carbocycles. The number of carbonyl (C=O) groups is 4. The molecule has 0 saturated carbocycles. The van der Waals surface area contributed by atoms with Gasteiger partial charge in [0.15, 0.2) is 6.61 Å². The average molecular weight is 661 g/mol. The first-order valence-electron chi connectivity index (χ1n) is 12.1. The summed E-state index contributed by atoms with van der Waals surface area (Å²) < 4.78 is 71.6. The second kappa shape index (κ2) is 14.8. The maximum Gasteiger partial charge on any atom is 0.405 e. The zero-order valence-corrected chi connectivity index (χ0v) is 24.2. The molecule has 3 amide bonds. The molecule has 2 aromatic carbocycles. The molecule has 2 atom stereocenters. The number of nitrogens with one attached hydrogen (secondary N) is 3. The first kappa shape index (κ1) is 35.0. The Morgan fingerprint density at radius 3 is 1.95 bits per heavy atom. The fourth-order valence-corrected chi connectivity index (χ4v) is 4.08. The molecular formula is C26H25Cl3F5N3O5. The lowest BCUT2D eigenvalue weighted by atomic mass is 9.94. The van der Waals surface area contributed by atoms with Crippen LogP contribution in [-0.2, 0) is 25.6 Å². The maximum absolute atomic E-state index is 14.6. The topological polar surface area (TPSA) is 114 Å². The Morgan fingerprint density at radius 1 is 0.857 bits per heavy atom. The Bertz CT molecular complexity index is 1270. The molecule has 0 saturated heterocycles. The molecular weight excluding hydrogens is 636 g/mol. The van der Waals surface area contributed by atoms with Gasteiger partial charge in [-0.3, -0.25) is 19.2 Å². The number of ketones is 1. The first-order valence-corrected chi connectivity index (χ1v) is 13.2. The Hall–Kier alpha value is -3.16. The fraction of sp³-hybridized carbons (Fsp3) is 0.385. The van der Waals surface area contributed by atoms with Gasteiger partial charge in [-0.25, -0.2) is 0 Å². The van der Waals surface area contributed by atoms with Gasteiger partial charge in [-0.05, 0) is 41.8 Å².